The van der Waals surface area contributed by atoms with Crippen LogP contribution < -0.4 is 24.8 Å². The molecule has 0 heterocycles. The quantitative estimate of drug-likeness (QED) is 0.478. The van der Waals surface area contributed by atoms with Gasteiger partial charge in [-0.2, -0.15) is 0 Å². The molecule has 30 heavy (non-hydrogen) atoms. The van der Waals surface area contributed by atoms with E-state index in [2.05, 4.69) is 15.6 Å². The van der Waals surface area contributed by atoms with E-state index in [-0.39, 0.29) is 0 Å². The van der Waals surface area contributed by atoms with Gasteiger partial charge in [-0.05, 0) is 60.6 Å². The molecule has 0 aliphatic heterocycles. The van der Waals surface area contributed by atoms with Crippen molar-refractivity contribution in [3.8, 4) is 23.0 Å². The molecule has 0 unspecified atom stereocenters. The third-order valence-electron chi connectivity index (χ3n) is 5.47. The number of nitrogens with one attached hydrogen (secondary N) is 2. The third-order valence-corrected chi connectivity index (χ3v) is 5.47. The molecule has 1 aliphatic carbocycles. The number of methoxy groups -OCH3 is 3. The number of aromatic hydroxyl groups is 1. The number of aryl methyl sites for hydroxylation is 1. The van der Waals surface area contributed by atoms with E-state index in [9.17, 15) is 5.11 Å². The SMILES string of the molecule is CN=C(NCc1cc(OC)c(OC)c(OC)c1)NCc1c(O)ccc2c1CCCC2. The molecule has 0 radical (unpaired) electrons. The fourth-order valence-corrected chi connectivity index (χ4v) is 3.91. The molecule has 7 nitrogen and oxygen atoms in total. The van der Waals surface area contributed by atoms with E-state index in [1.54, 1.807) is 34.4 Å². The van der Waals surface area contributed by atoms with Crippen LogP contribution in [-0.2, 0) is 25.9 Å². The van der Waals surface area contributed by atoms with Gasteiger partial charge >= 0.3 is 0 Å². The van der Waals surface area contributed by atoms with E-state index in [0.717, 1.165) is 30.4 Å². The van der Waals surface area contributed by atoms with E-state index in [4.69, 9.17) is 14.2 Å². The number of benzene rings is 2. The van der Waals surface area contributed by atoms with Gasteiger partial charge in [0.2, 0.25) is 5.75 Å². The number of fused-ring (bicyclic) bond motifs is 1. The van der Waals surface area contributed by atoms with E-state index >= 15 is 0 Å². The van der Waals surface area contributed by atoms with Gasteiger partial charge in [0.15, 0.2) is 17.5 Å². The molecule has 7 heteroatoms. The second-order valence-corrected chi connectivity index (χ2v) is 7.22. The molecule has 0 aromatic heterocycles. The van der Waals surface area contributed by atoms with Crippen LogP contribution in [0.2, 0.25) is 0 Å². The van der Waals surface area contributed by atoms with Gasteiger partial charge in [0.25, 0.3) is 0 Å². The second kappa shape index (κ2) is 10.1. The predicted molar refractivity (Wildman–Crippen MR) is 118 cm³/mol. The minimum atomic E-state index is 0.336. The van der Waals surface area contributed by atoms with Gasteiger partial charge < -0.3 is 30.0 Å². The minimum absolute atomic E-state index is 0.336. The van der Waals surface area contributed by atoms with E-state index < -0.39 is 0 Å². The van der Waals surface area contributed by atoms with Crippen molar-refractivity contribution in [2.24, 2.45) is 4.99 Å². The van der Waals surface area contributed by atoms with Crippen molar-refractivity contribution in [1.29, 1.82) is 0 Å². The summed E-state index contributed by atoms with van der Waals surface area (Å²) < 4.78 is 16.2. The number of ether oxygens (including phenoxy) is 3. The van der Waals surface area contributed by atoms with Crippen molar-refractivity contribution in [3.63, 3.8) is 0 Å². The Morgan fingerprint density at radius 1 is 0.967 bits per heavy atom. The van der Waals surface area contributed by atoms with Crippen LogP contribution in [0.4, 0.5) is 0 Å². The van der Waals surface area contributed by atoms with Gasteiger partial charge in [-0.1, -0.05) is 6.07 Å². The lowest BCUT2D eigenvalue weighted by molar-refractivity contribution is 0.323. The molecule has 1 aliphatic rings. The van der Waals surface area contributed by atoms with Crippen LogP contribution in [-0.4, -0.2) is 39.4 Å². The van der Waals surface area contributed by atoms with Crippen molar-refractivity contribution < 1.29 is 19.3 Å². The summed E-state index contributed by atoms with van der Waals surface area (Å²) in [4.78, 5) is 4.30. The molecule has 3 N–H and O–H groups in total. The molecule has 2 aromatic carbocycles. The monoisotopic (exact) mass is 413 g/mol. The zero-order valence-corrected chi connectivity index (χ0v) is 18.2. The van der Waals surface area contributed by atoms with Gasteiger partial charge in [-0.3, -0.25) is 4.99 Å². The molecule has 162 valence electrons. The Balaban J connectivity index is 1.68. The number of aliphatic imine (C=N–C) groups is 1. The average Bonchev–Trinajstić information content (AvgIpc) is 2.79. The summed E-state index contributed by atoms with van der Waals surface area (Å²) in [6.45, 7) is 1.04. The van der Waals surface area contributed by atoms with Crippen LogP contribution in [0.1, 0.15) is 35.1 Å². The Labute approximate surface area is 178 Å². The highest BCUT2D eigenvalue weighted by Gasteiger charge is 2.17. The topological polar surface area (TPSA) is 84.3 Å². The van der Waals surface area contributed by atoms with E-state index in [1.165, 1.54) is 17.5 Å². The fourth-order valence-electron chi connectivity index (χ4n) is 3.91. The molecule has 0 spiro atoms. The Kier molecular flexibility index (Phi) is 7.27. The van der Waals surface area contributed by atoms with E-state index in [0.29, 0.717) is 42.0 Å². The maximum atomic E-state index is 10.4. The number of nitrogens with zero attached hydrogens (tertiary/aromatic N) is 1. The molecule has 0 amide bonds. The van der Waals surface area contributed by atoms with Crippen LogP contribution >= 0.6 is 0 Å². The summed E-state index contributed by atoms with van der Waals surface area (Å²) in [5, 5.41) is 17.0. The lowest BCUT2D eigenvalue weighted by Gasteiger charge is -2.21. The number of phenols is 1. The van der Waals surface area contributed by atoms with Gasteiger partial charge in [0.05, 0.1) is 21.3 Å². The first kappa shape index (κ1) is 21.6. The van der Waals surface area contributed by atoms with Crippen LogP contribution in [0.25, 0.3) is 0 Å². The average molecular weight is 414 g/mol. The second-order valence-electron chi connectivity index (χ2n) is 7.22. The number of guanidine groups is 1. The highest BCUT2D eigenvalue weighted by atomic mass is 16.5. The zero-order chi connectivity index (χ0) is 21.5. The first-order chi connectivity index (χ1) is 14.6. The van der Waals surface area contributed by atoms with Gasteiger partial charge in [0, 0.05) is 25.7 Å². The summed E-state index contributed by atoms with van der Waals surface area (Å²) in [6, 6.07) is 7.65. The van der Waals surface area contributed by atoms with Crippen molar-refractivity contribution in [2.75, 3.05) is 28.4 Å². The molecule has 3 rings (SSSR count). The fraction of sp³-hybridized carbons (Fsp3) is 0.435. The highest BCUT2D eigenvalue weighted by Crippen LogP contribution is 2.38. The Bertz CT molecular complexity index is 887. The molecule has 0 saturated carbocycles. The number of hydrogen-bond donors (Lipinski definition) is 3. The van der Waals surface area contributed by atoms with Crippen molar-refractivity contribution in [1.82, 2.24) is 10.6 Å². The molecule has 0 saturated heterocycles. The van der Waals surface area contributed by atoms with Crippen LogP contribution in [0.3, 0.4) is 0 Å². The normalized spacial score (nSPS) is 13.4. The summed E-state index contributed by atoms with van der Waals surface area (Å²) in [5.41, 5.74) is 4.54. The molecule has 2 aromatic rings. The summed E-state index contributed by atoms with van der Waals surface area (Å²) in [5.74, 6) is 2.77. The molecule has 0 fully saturated rings. The maximum Gasteiger partial charge on any atom is 0.203 e. The van der Waals surface area contributed by atoms with E-state index in [1.807, 2.05) is 18.2 Å². The van der Waals surface area contributed by atoms with Crippen LogP contribution in [0, 0.1) is 0 Å². The lowest BCUT2D eigenvalue weighted by Crippen LogP contribution is -2.36. The standard InChI is InChI=1S/C23H31N3O4/c1-24-23(25-13-15-11-20(28-2)22(30-4)21(12-15)29-3)26-14-18-17-8-6-5-7-16(17)9-10-19(18)27/h9-12,27H,5-8,13-14H2,1-4H3,(H2,24,25,26). The molecular weight excluding hydrogens is 382 g/mol. The first-order valence-electron chi connectivity index (χ1n) is 10.2. The van der Waals surface area contributed by atoms with Crippen molar-refractivity contribution in [3.05, 3.63) is 46.5 Å². The summed E-state index contributed by atoms with van der Waals surface area (Å²) >= 11 is 0. The Hall–Kier alpha value is -3.09. The van der Waals surface area contributed by atoms with Gasteiger partial charge in [-0.15, -0.1) is 0 Å². The van der Waals surface area contributed by atoms with Crippen molar-refractivity contribution in [2.45, 2.75) is 38.8 Å². The lowest BCUT2D eigenvalue weighted by atomic mass is 9.88. The molecule has 0 bridgehead atoms. The minimum Gasteiger partial charge on any atom is -0.508 e. The van der Waals surface area contributed by atoms with Crippen molar-refractivity contribution >= 4 is 5.96 Å². The smallest absolute Gasteiger partial charge is 0.203 e. The largest absolute Gasteiger partial charge is 0.508 e. The van der Waals surface area contributed by atoms with Crippen LogP contribution in [0.5, 0.6) is 23.0 Å². The summed E-state index contributed by atoms with van der Waals surface area (Å²) in [6.07, 6.45) is 4.47. The third kappa shape index (κ3) is 4.72. The maximum absolute atomic E-state index is 10.4. The van der Waals surface area contributed by atoms with Crippen LogP contribution in [0.15, 0.2) is 29.3 Å². The number of hydrogen-bond acceptors (Lipinski definition) is 5. The van der Waals surface area contributed by atoms with Gasteiger partial charge in [-0.25, -0.2) is 0 Å². The predicted octanol–water partition coefficient (Wildman–Crippen LogP) is 3.16. The molecule has 0 atom stereocenters. The van der Waals surface area contributed by atoms with Gasteiger partial charge in [0.1, 0.15) is 5.75 Å². The Morgan fingerprint density at radius 3 is 2.27 bits per heavy atom. The Morgan fingerprint density at radius 2 is 1.63 bits per heavy atom. The highest BCUT2D eigenvalue weighted by molar-refractivity contribution is 5.79. The number of phenolic OH excluding ortho intramolecular Hbond substituents is 1. The molecular formula is C23H31N3O4. The summed E-state index contributed by atoms with van der Waals surface area (Å²) in [7, 11) is 6.51. The number of rotatable bonds is 7. The first-order valence-corrected chi connectivity index (χ1v) is 10.2. The zero-order valence-electron chi connectivity index (χ0n) is 18.2.